The maximum atomic E-state index is 11.8. The molecule has 5 heteroatoms. The number of nitrogens with zero attached hydrogens (tertiary/aromatic N) is 1. The normalized spacial score (nSPS) is 10.5. The van der Waals surface area contributed by atoms with Gasteiger partial charge in [-0.25, -0.2) is 0 Å². The molecular formula is C8H8BrF2NO. The molecular weight excluding hydrogens is 244 g/mol. The summed E-state index contributed by atoms with van der Waals surface area (Å²) in [6.07, 6.45) is 2.15. The van der Waals surface area contributed by atoms with E-state index in [0.717, 1.165) is 11.0 Å². The lowest BCUT2D eigenvalue weighted by atomic mass is 10.3. The minimum Gasteiger partial charge on any atom is -0.435 e. The highest BCUT2D eigenvalue weighted by molar-refractivity contribution is 9.09. The fourth-order valence-electron chi connectivity index (χ4n) is 0.866. The Labute approximate surface area is 83.1 Å². The minimum atomic E-state index is -2.78. The van der Waals surface area contributed by atoms with Gasteiger partial charge >= 0.3 is 6.61 Å². The van der Waals surface area contributed by atoms with E-state index in [-0.39, 0.29) is 5.75 Å². The Hall–Kier alpha value is -0.710. The average molecular weight is 252 g/mol. The first kappa shape index (κ1) is 10.4. The maximum absolute atomic E-state index is 11.8. The predicted octanol–water partition coefficient (Wildman–Crippen LogP) is 2.62. The summed E-state index contributed by atoms with van der Waals surface area (Å²) in [5, 5.41) is 0.748. The van der Waals surface area contributed by atoms with Gasteiger partial charge in [-0.1, -0.05) is 15.9 Å². The SMILES string of the molecule is FC(F)Oc1ccnc(CCBr)c1. The molecule has 0 radical (unpaired) electrons. The van der Waals surface area contributed by atoms with Crippen LogP contribution < -0.4 is 4.74 Å². The topological polar surface area (TPSA) is 22.1 Å². The standard InChI is InChI=1S/C8H8BrF2NO/c9-3-1-6-5-7(2-4-12-6)13-8(10)11/h2,4-5,8H,1,3H2. The van der Waals surface area contributed by atoms with Crippen molar-refractivity contribution in [3.8, 4) is 5.75 Å². The van der Waals surface area contributed by atoms with E-state index in [4.69, 9.17) is 0 Å². The summed E-state index contributed by atoms with van der Waals surface area (Å²) in [7, 11) is 0. The van der Waals surface area contributed by atoms with E-state index in [1.54, 1.807) is 0 Å². The van der Waals surface area contributed by atoms with E-state index in [0.29, 0.717) is 6.42 Å². The molecule has 0 fully saturated rings. The van der Waals surface area contributed by atoms with E-state index in [9.17, 15) is 8.78 Å². The van der Waals surface area contributed by atoms with E-state index in [2.05, 4.69) is 25.7 Å². The molecule has 72 valence electrons. The molecule has 0 bridgehead atoms. The zero-order chi connectivity index (χ0) is 9.68. The number of pyridine rings is 1. The lowest BCUT2D eigenvalue weighted by Gasteiger charge is -2.04. The van der Waals surface area contributed by atoms with Gasteiger partial charge in [0.1, 0.15) is 5.75 Å². The Balaban J connectivity index is 2.67. The van der Waals surface area contributed by atoms with Crippen molar-refractivity contribution in [3.05, 3.63) is 24.0 Å². The number of ether oxygens (including phenoxy) is 1. The van der Waals surface area contributed by atoms with Gasteiger partial charge in [-0.05, 0) is 12.5 Å². The maximum Gasteiger partial charge on any atom is 0.387 e. The molecule has 0 atom stereocenters. The first-order valence-electron chi connectivity index (χ1n) is 3.68. The first-order valence-corrected chi connectivity index (χ1v) is 4.80. The first-order chi connectivity index (χ1) is 6.22. The zero-order valence-electron chi connectivity index (χ0n) is 6.71. The van der Waals surface area contributed by atoms with Gasteiger partial charge < -0.3 is 4.74 Å². The highest BCUT2D eigenvalue weighted by Gasteiger charge is 2.04. The second kappa shape index (κ2) is 5.11. The van der Waals surface area contributed by atoms with Crippen LogP contribution in [-0.4, -0.2) is 16.9 Å². The highest BCUT2D eigenvalue weighted by atomic mass is 79.9. The van der Waals surface area contributed by atoms with Crippen LogP contribution in [0.1, 0.15) is 5.69 Å². The fraction of sp³-hybridized carbons (Fsp3) is 0.375. The van der Waals surface area contributed by atoms with Crippen LogP contribution >= 0.6 is 15.9 Å². The molecule has 0 N–H and O–H groups in total. The molecule has 0 saturated carbocycles. The average Bonchev–Trinajstić information content (AvgIpc) is 2.04. The molecule has 0 aliphatic carbocycles. The lowest BCUT2D eigenvalue weighted by Crippen LogP contribution is -2.02. The van der Waals surface area contributed by atoms with Crippen LogP contribution in [0.4, 0.5) is 8.78 Å². The number of halogens is 3. The van der Waals surface area contributed by atoms with Crippen LogP contribution in [0.3, 0.4) is 0 Å². The van der Waals surface area contributed by atoms with Crippen molar-refractivity contribution >= 4 is 15.9 Å². The molecule has 2 nitrogen and oxygen atoms in total. The monoisotopic (exact) mass is 251 g/mol. The number of hydrogen-bond acceptors (Lipinski definition) is 2. The van der Waals surface area contributed by atoms with E-state index in [1.165, 1.54) is 18.3 Å². The quantitative estimate of drug-likeness (QED) is 0.768. The lowest BCUT2D eigenvalue weighted by molar-refractivity contribution is -0.0499. The smallest absolute Gasteiger partial charge is 0.387 e. The summed E-state index contributed by atoms with van der Waals surface area (Å²) < 4.78 is 27.8. The molecule has 1 heterocycles. The molecule has 0 aliphatic rings. The Bertz CT molecular complexity index is 270. The second-order valence-electron chi connectivity index (χ2n) is 2.30. The van der Waals surface area contributed by atoms with Gasteiger partial charge in [0.05, 0.1) is 0 Å². The van der Waals surface area contributed by atoms with Gasteiger partial charge in [-0.15, -0.1) is 0 Å². The molecule has 1 aromatic heterocycles. The summed E-state index contributed by atoms with van der Waals surface area (Å²) in [6, 6.07) is 2.91. The summed E-state index contributed by atoms with van der Waals surface area (Å²) in [5.74, 6) is 0.154. The van der Waals surface area contributed by atoms with Crippen LogP contribution in [0.25, 0.3) is 0 Å². The van der Waals surface area contributed by atoms with E-state index < -0.39 is 6.61 Å². The van der Waals surface area contributed by atoms with Gasteiger partial charge in [0.2, 0.25) is 0 Å². The number of hydrogen-bond donors (Lipinski definition) is 0. The largest absolute Gasteiger partial charge is 0.435 e. The number of rotatable bonds is 4. The third-order valence-corrected chi connectivity index (χ3v) is 1.76. The molecule has 13 heavy (non-hydrogen) atoms. The van der Waals surface area contributed by atoms with Crippen molar-refractivity contribution in [2.45, 2.75) is 13.0 Å². The molecule has 1 aromatic rings. The van der Waals surface area contributed by atoms with Crippen LogP contribution in [0, 0.1) is 0 Å². The molecule has 0 spiro atoms. The highest BCUT2D eigenvalue weighted by Crippen LogP contribution is 2.14. The van der Waals surface area contributed by atoms with Crippen molar-refractivity contribution < 1.29 is 13.5 Å². The Kier molecular flexibility index (Phi) is 4.08. The molecule has 1 rings (SSSR count). The Morgan fingerprint density at radius 1 is 1.54 bits per heavy atom. The molecule has 0 aromatic carbocycles. The van der Waals surface area contributed by atoms with Crippen molar-refractivity contribution in [2.75, 3.05) is 5.33 Å². The predicted molar refractivity (Wildman–Crippen MR) is 48.4 cm³/mol. The summed E-state index contributed by atoms with van der Waals surface area (Å²) >= 11 is 3.23. The number of alkyl halides is 3. The van der Waals surface area contributed by atoms with Gasteiger partial charge in [0.15, 0.2) is 0 Å². The Morgan fingerprint density at radius 2 is 2.31 bits per heavy atom. The van der Waals surface area contributed by atoms with Crippen molar-refractivity contribution in [1.82, 2.24) is 4.98 Å². The van der Waals surface area contributed by atoms with Gasteiger partial charge in [-0.2, -0.15) is 8.78 Å². The summed E-state index contributed by atoms with van der Waals surface area (Å²) in [6.45, 7) is -2.78. The van der Waals surface area contributed by atoms with Crippen LogP contribution in [-0.2, 0) is 6.42 Å². The summed E-state index contributed by atoms with van der Waals surface area (Å²) in [5.41, 5.74) is 0.732. The van der Waals surface area contributed by atoms with Gasteiger partial charge in [0, 0.05) is 23.3 Å². The fourth-order valence-corrected chi connectivity index (χ4v) is 1.27. The van der Waals surface area contributed by atoms with Crippen LogP contribution in [0.15, 0.2) is 18.3 Å². The van der Waals surface area contributed by atoms with Gasteiger partial charge in [-0.3, -0.25) is 4.98 Å². The number of aryl methyl sites for hydroxylation is 1. The summed E-state index contributed by atoms with van der Waals surface area (Å²) in [4.78, 5) is 3.98. The van der Waals surface area contributed by atoms with Crippen molar-refractivity contribution in [1.29, 1.82) is 0 Å². The van der Waals surface area contributed by atoms with E-state index in [1.807, 2.05) is 0 Å². The molecule has 0 unspecified atom stereocenters. The van der Waals surface area contributed by atoms with Crippen LogP contribution in [0.5, 0.6) is 5.75 Å². The molecule has 0 aliphatic heterocycles. The Morgan fingerprint density at radius 3 is 2.92 bits per heavy atom. The van der Waals surface area contributed by atoms with Gasteiger partial charge in [0.25, 0.3) is 0 Å². The minimum absolute atomic E-state index is 0.154. The third-order valence-electron chi connectivity index (χ3n) is 1.36. The van der Waals surface area contributed by atoms with Crippen molar-refractivity contribution in [3.63, 3.8) is 0 Å². The van der Waals surface area contributed by atoms with Crippen molar-refractivity contribution in [2.24, 2.45) is 0 Å². The van der Waals surface area contributed by atoms with Crippen LogP contribution in [0.2, 0.25) is 0 Å². The zero-order valence-corrected chi connectivity index (χ0v) is 8.30. The molecule has 0 saturated heterocycles. The van der Waals surface area contributed by atoms with E-state index >= 15 is 0 Å². The molecule has 0 amide bonds. The third kappa shape index (κ3) is 3.67. The number of aromatic nitrogens is 1. The second-order valence-corrected chi connectivity index (χ2v) is 3.09.